The molecule has 0 saturated carbocycles. The number of aromatic amines is 1. The molecule has 1 saturated heterocycles. The van der Waals surface area contributed by atoms with E-state index in [-0.39, 0.29) is 11.4 Å². The fraction of sp³-hybridized carbons (Fsp3) is 0.304. The van der Waals surface area contributed by atoms with Gasteiger partial charge in [0.25, 0.3) is 5.91 Å². The SMILES string of the molecule is Cc1nnc(SCC2=C(C(=O)O)N3C(=O)C(NC(=O)C(NC(=O)CSc4nnc[nH]4)c4ccccc4)[C@H]3SC2)s1. The highest BCUT2D eigenvalue weighted by Gasteiger charge is 2.54. The van der Waals surface area contributed by atoms with Gasteiger partial charge in [-0.15, -0.1) is 32.2 Å². The Hall–Kier alpha value is -3.41. The number of fused-ring (bicyclic) bond motifs is 1. The van der Waals surface area contributed by atoms with Crippen molar-refractivity contribution in [3.63, 3.8) is 0 Å². The fourth-order valence-corrected chi connectivity index (χ4v) is 7.96. The minimum Gasteiger partial charge on any atom is -0.477 e. The molecule has 0 aliphatic carbocycles. The summed E-state index contributed by atoms with van der Waals surface area (Å²) < 4.78 is 0.718. The number of thioether (sulfide) groups is 3. The maximum atomic E-state index is 13.4. The van der Waals surface area contributed by atoms with Crippen LogP contribution in [0.1, 0.15) is 16.6 Å². The largest absolute Gasteiger partial charge is 0.477 e. The van der Waals surface area contributed by atoms with Crippen LogP contribution in [0.5, 0.6) is 0 Å². The molecule has 1 fully saturated rings. The van der Waals surface area contributed by atoms with E-state index in [9.17, 15) is 24.3 Å². The van der Waals surface area contributed by atoms with Crippen LogP contribution in [0.4, 0.5) is 0 Å². The molecule has 1 aromatic carbocycles. The van der Waals surface area contributed by atoms with Gasteiger partial charge in [0, 0.05) is 11.5 Å². The number of H-pyrrole nitrogens is 1. The van der Waals surface area contributed by atoms with Crippen LogP contribution >= 0.6 is 46.6 Å². The molecule has 13 nitrogen and oxygen atoms in total. The molecule has 0 radical (unpaired) electrons. The quantitative estimate of drug-likeness (QED) is 0.179. The summed E-state index contributed by atoms with van der Waals surface area (Å²) >= 11 is 5.29. The Morgan fingerprint density at radius 2 is 2.00 bits per heavy atom. The van der Waals surface area contributed by atoms with E-state index in [1.807, 2.05) is 6.92 Å². The van der Waals surface area contributed by atoms with Crippen molar-refractivity contribution in [3.8, 4) is 0 Å². The first-order valence-corrected chi connectivity index (χ1v) is 15.6. The van der Waals surface area contributed by atoms with E-state index in [2.05, 4.69) is 36.0 Å². The van der Waals surface area contributed by atoms with E-state index in [1.54, 1.807) is 30.3 Å². The zero-order valence-electron chi connectivity index (χ0n) is 20.8. The highest BCUT2D eigenvalue weighted by atomic mass is 32.2. The Bertz CT molecular complexity index is 1450. The molecule has 3 amide bonds. The summed E-state index contributed by atoms with van der Waals surface area (Å²) in [5.74, 6) is -1.98. The van der Waals surface area contributed by atoms with Crippen LogP contribution in [-0.2, 0) is 19.2 Å². The molecule has 0 spiro atoms. The first kappa shape index (κ1) is 28.1. The maximum Gasteiger partial charge on any atom is 0.352 e. The first-order valence-electron chi connectivity index (χ1n) is 11.8. The molecule has 3 aromatic rings. The van der Waals surface area contributed by atoms with Gasteiger partial charge in [0.2, 0.25) is 11.8 Å². The topological polar surface area (TPSA) is 183 Å². The second kappa shape index (κ2) is 12.4. The fourth-order valence-electron chi connectivity index (χ4n) is 4.06. The van der Waals surface area contributed by atoms with E-state index in [0.29, 0.717) is 27.8 Å². The van der Waals surface area contributed by atoms with Gasteiger partial charge >= 0.3 is 5.97 Å². The van der Waals surface area contributed by atoms with Crippen molar-refractivity contribution in [2.24, 2.45) is 0 Å². The summed E-state index contributed by atoms with van der Waals surface area (Å²) in [4.78, 5) is 55.4. The van der Waals surface area contributed by atoms with Gasteiger partial charge in [0.1, 0.15) is 34.5 Å². The van der Waals surface area contributed by atoms with Crippen molar-refractivity contribution < 1.29 is 24.3 Å². The smallest absolute Gasteiger partial charge is 0.352 e. The monoisotopic (exact) mass is 618 g/mol. The number of nitrogens with one attached hydrogen (secondary N) is 3. The molecule has 2 aliphatic heterocycles. The van der Waals surface area contributed by atoms with E-state index < -0.39 is 41.1 Å². The number of nitrogens with zero attached hydrogens (tertiary/aromatic N) is 5. The zero-order chi connectivity index (χ0) is 28.2. The molecule has 17 heteroatoms. The normalized spacial score (nSPS) is 19.0. The van der Waals surface area contributed by atoms with Crippen molar-refractivity contribution in [2.75, 3.05) is 17.3 Å². The van der Waals surface area contributed by atoms with Gasteiger partial charge in [-0.3, -0.25) is 19.3 Å². The second-order valence-corrected chi connectivity index (χ2v) is 13.0. The van der Waals surface area contributed by atoms with Crippen molar-refractivity contribution in [3.05, 3.63) is 58.5 Å². The predicted octanol–water partition coefficient (Wildman–Crippen LogP) is 1.45. The van der Waals surface area contributed by atoms with E-state index in [4.69, 9.17) is 0 Å². The average molecular weight is 619 g/mol. The number of carbonyl (C=O) groups is 4. The highest BCUT2D eigenvalue weighted by Crippen LogP contribution is 2.42. The molecule has 5 rings (SSSR count). The maximum absolute atomic E-state index is 13.4. The van der Waals surface area contributed by atoms with Crippen molar-refractivity contribution in [1.82, 2.24) is 40.9 Å². The number of hydrogen-bond acceptors (Lipinski definition) is 12. The van der Waals surface area contributed by atoms with E-state index >= 15 is 0 Å². The van der Waals surface area contributed by atoms with Crippen LogP contribution in [0, 0.1) is 6.92 Å². The molecule has 2 unspecified atom stereocenters. The molecule has 2 aliphatic rings. The lowest BCUT2D eigenvalue weighted by molar-refractivity contribution is -0.151. The molecule has 40 heavy (non-hydrogen) atoms. The molecule has 3 atom stereocenters. The summed E-state index contributed by atoms with van der Waals surface area (Å²) in [6.07, 6.45) is 1.40. The van der Waals surface area contributed by atoms with Gasteiger partial charge in [-0.1, -0.05) is 65.2 Å². The summed E-state index contributed by atoms with van der Waals surface area (Å²) in [5.41, 5.74) is 1.07. The summed E-state index contributed by atoms with van der Waals surface area (Å²) in [7, 11) is 0. The van der Waals surface area contributed by atoms with Crippen LogP contribution in [0.15, 0.2) is 57.4 Å². The molecule has 4 heterocycles. The van der Waals surface area contributed by atoms with Gasteiger partial charge in [-0.25, -0.2) is 4.79 Å². The molecular formula is C23H22N8O5S4. The van der Waals surface area contributed by atoms with Gasteiger partial charge in [0.15, 0.2) is 9.50 Å². The number of amides is 3. The third-order valence-electron chi connectivity index (χ3n) is 5.86. The van der Waals surface area contributed by atoms with Crippen molar-refractivity contribution in [2.45, 2.75) is 33.9 Å². The standard InChI is InChI=1S/C23H22N8O5S4/c1-11-28-30-23(40-11)39-8-13-7-37-20-16(19(34)31(20)17(13)21(35)36)27-18(33)15(12-5-3-2-4-6-12)26-14(32)9-38-22-24-10-25-29-22/h2-6,10,15-16,20H,7-9H2,1H3,(H,26,32)(H,27,33)(H,35,36)(H,24,25,29)/t15?,16?,20-/m1/s1. The minimum absolute atomic E-state index is 0.00933. The number of β-lactam (4-membered cyclic amide) rings is 1. The number of aliphatic carboxylic acids is 1. The van der Waals surface area contributed by atoms with Gasteiger partial charge in [0.05, 0.1) is 5.75 Å². The Kier molecular flexibility index (Phi) is 8.72. The third kappa shape index (κ3) is 6.16. The molecule has 2 aromatic heterocycles. The number of carboxylic acids is 1. The van der Waals surface area contributed by atoms with Crippen molar-refractivity contribution >= 4 is 70.3 Å². The van der Waals surface area contributed by atoms with Crippen LogP contribution in [0.3, 0.4) is 0 Å². The molecular weight excluding hydrogens is 597 g/mol. The molecule has 0 bridgehead atoms. The minimum atomic E-state index is -1.20. The number of carboxylic acid groups (broad SMARTS) is 1. The summed E-state index contributed by atoms with van der Waals surface area (Å²) in [6, 6.07) is 6.68. The van der Waals surface area contributed by atoms with Crippen LogP contribution in [0.25, 0.3) is 0 Å². The van der Waals surface area contributed by atoms with Gasteiger partial charge in [-0.05, 0) is 18.1 Å². The Morgan fingerprint density at radius 1 is 1.20 bits per heavy atom. The first-order chi connectivity index (χ1) is 19.3. The number of rotatable bonds is 11. The lowest BCUT2D eigenvalue weighted by atomic mass is 10.0. The van der Waals surface area contributed by atoms with Crippen LogP contribution in [-0.4, -0.2) is 87.8 Å². The number of benzene rings is 1. The van der Waals surface area contributed by atoms with E-state index in [0.717, 1.165) is 21.1 Å². The third-order valence-corrected chi connectivity index (χ3v) is 10.1. The predicted molar refractivity (Wildman–Crippen MR) is 149 cm³/mol. The summed E-state index contributed by atoms with van der Waals surface area (Å²) in [5, 5.41) is 31.6. The number of aryl methyl sites for hydroxylation is 1. The molecule has 208 valence electrons. The van der Waals surface area contributed by atoms with Crippen LogP contribution < -0.4 is 10.6 Å². The number of hydrogen-bond donors (Lipinski definition) is 4. The van der Waals surface area contributed by atoms with Gasteiger partial charge < -0.3 is 20.7 Å². The average Bonchev–Trinajstić information content (AvgIpc) is 3.63. The number of aromatic nitrogens is 5. The Balaban J connectivity index is 1.26. The summed E-state index contributed by atoms with van der Waals surface area (Å²) in [6.45, 7) is 1.84. The Morgan fingerprint density at radius 3 is 2.67 bits per heavy atom. The van der Waals surface area contributed by atoms with Gasteiger partial charge in [-0.2, -0.15) is 0 Å². The zero-order valence-corrected chi connectivity index (χ0v) is 24.0. The highest BCUT2D eigenvalue weighted by molar-refractivity contribution is 8.02. The molecule has 4 N–H and O–H groups in total. The second-order valence-electron chi connectivity index (χ2n) is 8.52. The van der Waals surface area contributed by atoms with Crippen LogP contribution in [0.2, 0.25) is 0 Å². The van der Waals surface area contributed by atoms with E-state index in [1.165, 1.54) is 46.1 Å². The number of carbonyl (C=O) groups excluding carboxylic acids is 3. The lowest BCUT2D eigenvalue weighted by Gasteiger charge is -2.49. The lowest BCUT2D eigenvalue weighted by Crippen LogP contribution is -2.71. The Labute approximate surface area is 244 Å². The van der Waals surface area contributed by atoms with Crippen molar-refractivity contribution in [1.29, 1.82) is 0 Å².